The van der Waals surface area contributed by atoms with Gasteiger partial charge in [0.2, 0.25) is 0 Å². The maximum absolute atomic E-state index is 12.3. The summed E-state index contributed by atoms with van der Waals surface area (Å²) >= 11 is 4.88. The van der Waals surface area contributed by atoms with Gasteiger partial charge in [-0.05, 0) is 24.2 Å². The van der Waals surface area contributed by atoms with Crippen molar-refractivity contribution in [3.63, 3.8) is 0 Å². The monoisotopic (exact) mass is 389 g/mol. The summed E-state index contributed by atoms with van der Waals surface area (Å²) in [6.07, 6.45) is 0.717. The van der Waals surface area contributed by atoms with Crippen molar-refractivity contribution in [1.29, 1.82) is 0 Å². The molecule has 0 bridgehead atoms. The molecule has 0 unspecified atom stereocenters. The maximum atomic E-state index is 12.3. The van der Waals surface area contributed by atoms with Crippen LogP contribution in [0.15, 0.2) is 34.1 Å². The smallest absolute Gasteiger partial charge is 0.273 e. The quantitative estimate of drug-likeness (QED) is 0.853. The first-order chi connectivity index (χ1) is 9.60. The first-order valence-electron chi connectivity index (χ1n) is 6.24. The largest absolute Gasteiger partial charge is 0.336 e. The van der Waals surface area contributed by atoms with Crippen molar-refractivity contribution < 1.29 is 4.79 Å². The van der Waals surface area contributed by atoms with E-state index < -0.39 is 0 Å². The van der Waals surface area contributed by atoms with Gasteiger partial charge in [0.15, 0.2) is 0 Å². The third kappa shape index (κ3) is 5.07. The highest BCUT2D eigenvalue weighted by molar-refractivity contribution is 9.10. The zero-order valence-electron chi connectivity index (χ0n) is 11.6. The molecule has 1 aromatic carbocycles. The van der Waals surface area contributed by atoms with Gasteiger partial charge in [0.05, 0.1) is 5.01 Å². The number of benzene rings is 1. The van der Waals surface area contributed by atoms with Crippen molar-refractivity contribution in [2.75, 3.05) is 13.6 Å². The third-order valence-corrected chi connectivity index (χ3v) is 4.25. The molecular formula is C14H17BrClN3OS. The molecule has 0 spiro atoms. The number of carbonyl (C=O) groups excluding carboxylic acids is 1. The Morgan fingerprint density at radius 2 is 2.05 bits per heavy atom. The Labute approximate surface area is 142 Å². The van der Waals surface area contributed by atoms with Gasteiger partial charge in [-0.2, -0.15) is 0 Å². The van der Waals surface area contributed by atoms with Gasteiger partial charge in [0.25, 0.3) is 5.91 Å². The van der Waals surface area contributed by atoms with E-state index in [4.69, 9.17) is 5.73 Å². The number of halogens is 2. The molecular weight excluding hydrogens is 374 g/mol. The predicted molar refractivity (Wildman–Crippen MR) is 92.1 cm³/mol. The van der Waals surface area contributed by atoms with Gasteiger partial charge in [-0.1, -0.05) is 28.1 Å². The number of hydrogen-bond donors (Lipinski definition) is 1. The van der Waals surface area contributed by atoms with Crippen LogP contribution in [0, 0.1) is 0 Å². The summed E-state index contributed by atoms with van der Waals surface area (Å²) in [5.41, 5.74) is 7.07. The molecule has 0 saturated carbocycles. The summed E-state index contributed by atoms with van der Waals surface area (Å²) in [5.74, 6) is -0.0626. The molecule has 2 aromatic rings. The van der Waals surface area contributed by atoms with Crippen LogP contribution >= 0.6 is 39.7 Å². The van der Waals surface area contributed by atoms with E-state index in [1.165, 1.54) is 11.3 Å². The second-order valence-corrected chi connectivity index (χ2v) is 6.31. The molecule has 0 fully saturated rings. The Kier molecular flexibility index (Phi) is 7.31. The molecule has 0 atom stereocenters. The molecule has 4 nitrogen and oxygen atoms in total. The van der Waals surface area contributed by atoms with Gasteiger partial charge in [-0.25, -0.2) is 4.98 Å². The summed E-state index contributed by atoms with van der Waals surface area (Å²) < 4.78 is 1.03. The van der Waals surface area contributed by atoms with Gasteiger partial charge in [-0.3, -0.25) is 4.79 Å². The number of nitrogens with two attached hydrogens (primary N) is 1. The van der Waals surface area contributed by atoms with E-state index in [1.807, 2.05) is 24.3 Å². The molecule has 1 amide bonds. The van der Waals surface area contributed by atoms with Crippen molar-refractivity contribution in [3.05, 3.63) is 50.4 Å². The first kappa shape index (κ1) is 18.1. The number of nitrogens with zero attached hydrogens (tertiary/aromatic N) is 2. The second kappa shape index (κ2) is 8.48. The zero-order chi connectivity index (χ0) is 14.5. The van der Waals surface area contributed by atoms with Crippen molar-refractivity contribution in [3.8, 4) is 0 Å². The second-order valence-electron chi connectivity index (χ2n) is 4.45. The Bertz CT molecular complexity index is 588. The fourth-order valence-electron chi connectivity index (χ4n) is 1.78. The highest BCUT2D eigenvalue weighted by Crippen LogP contribution is 2.15. The molecule has 0 aliphatic heterocycles. The Hall–Kier alpha value is -0.950. The van der Waals surface area contributed by atoms with Crippen molar-refractivity contribution in [2.24, 2.45) is 5.73 Å². The van der Waals surface area contributed by atoms with Gasteiger partial charge in [0, 0.05) is 29.9 Å². The minimum absolute atomic E-state index is 0. The minimum Gasteiger partial charge on any atom is -0.336 e. The number of carbonyl (C=O) groups is 1. The van der Waals surface area contributed by atoms with E-state index in [9.17, 15) is 4.79 Å². The van der Waals surface area contributed by atoms with E-state index in [-0.39, 0.29) is 18.3 Å². The van der Waals surface area contributed by atoms with E-state index in [1.54, 1.807) is 17.3 Å². The Morgan fingerprint density at radius 3 is 2.67 bits per heavy atom. The molecule has 2 N–H and O–H groups in total. The number of hydrogen-bond acceptors (Lipinski definition) is 4. The average molecular weight is 391 g/mol. The van der Waals surface area contributed by atoms with Gasteiger partial charge in [-0.15, -0.1) is 23.7 Å². The van der Waals surface area contributed by atoms with Crippen LogP contribution in [0.5, 0.6) is 0 Å². The van der Waals surface area contributed by atoms with Gasteiger partial charge in [0.1, 0.15) is 5.69 Å². The van der Waals surface area contributed by atoms with Crippen LogP contribution in [0.3, 0.4) is 0 Å². The van der Waals surface area contributed by atoms with Crippen molar-refractivity contribution in [2.45, 2.75) is 13.0 Å². The number of amides is 1. The lowest BCUT2D eigenvalue weighted by Gasteiger charge is -2.16. The molecule has 114 valence electrons. The highest BCUT2D eigenvalue weighted by atomic mass is 79.9. The van der Waals surface area contributed by atoms with E-state index in [0.29, 0.717) is 25.2 Å². The third-order valence-electron chi connectivity index (χ3n) is 2.81. The SMILES string of the molecule is CN(Cc1ccc(Br)cc1)C(=O)c1csc(CCN)n1.Cl. The first-order valence-corrected chi connectivity index (χ1v) is 7.92. The summed E-state index contributed by atoms with van der Waals surface area (Å²) in [7, 11) is 1.78. The van der Waals surface area contributed by atoms with Crippen LogP contribution in [0.25, 0.3) is 0 Å². The van der Waals surface area contributed by atoms with Crippen LogP contribution in [-0.4, -0.2) is 29.4 Å². The lowest BCUT2D eigenvalue weighted by atomic mass is 10.2. The molecule has 2 rings (SSSR count). The summed E-state index contributed by atoms with van der Waals surface area (Å²) in [6, 6.07) is 7.93. The van der Waals surface area contributed by atoms with Crippen LogP contribution < -0.4 is 5.73 Å². The topological polar surface area (TPSA) is 59.2 Å². The Morgan fingerprint density at radius 1 is 1.38 bits per heavy atom. The molecule has 7 heteroatoms. The standard InChI is InChI=1S/C14H16BrN3OS.ClH/c1-18(8-10-2-4-11(15)5-3-10)14(19)12-9-20-13(17-12)6-7-16;/h2-5,9H,6-8,16H2,1H3;1H. The zero-order valence-corrected chi connectivity index (χ0v) is 14.8. The molecule has 21 heavy (non-hydrogen) atoms. The lowest BCUT2D eigenvalue weighted by Crippen LogP contribution is -2.26. The molecule has 0 aliphatic rings. The lowest BCUT2D eigenvalue weighted by molar-refractivity contribution is 0.0780. The van der Waals surface area contributed by atoms with Crippen LogP contribution in [0.2, 0.25) is 0 Å². The fourth-order valence-corrected chi connectivity index (χ4v) is 2.83. The fraction of sp³-hybridized carbons (Fsp3) is 0.286. The van der Waals surface area contributed by atoms with Gasteiger partial charge < -0.3 is 10.6 Å². The summed E-state index contributed by atoms with van der Waals surface area (Å²) in [4.78, 5) is 18.3. The van der Waals surface area contributed by atoms with Crippen LogP contribution in [0.4, 0.5) is 0 Å². The number of thiazole rings is 1. The predicted octanol–water partition coefficient (Wildman–Crippen LogP) is 3.10. The van der Waals surface area contributed by atoms with E-state index in [0.717, 1.165) is 15.0 Å². The van der Waals surface area contributed by atoms with E-state index >= 15 is 0 Å². The van der Waals surface area contributed by atoms with Crippen LogP contribution in [-0.2, 0) is 13.0 Å². The maximum Gasteiger partial charge on any atom is 0.273 e. The number of aromatic nitrogens is 1. The van der Waals surface area contributed by atoms with E-state index in [2.05, 4.69) is 20.9 Å². The number of rotatable bonds is 5. The molecule has 0 aliphatic carbocycles. The average Bonchev–Trinajstić information content (AvgIpc) is 2.89. The molecule has 1 heterocycles. The summed E-state index contributed by atoms with van der Waals surface area (Å²) in [5, 5.41) is 2.71. The highest BCUT2D eigenvalue weighted by Gasteiger charge is 2.15. The normalized spacial score (nSPS) is 10.0. The van der Waals surface area contributed by atoms with Crippen LogP contribution in [0.1, 0.15) is 21.1 Å². The van der Waals surface area contributed by atoms with Crippen molar-refractivity contribution >= 4 is 45.6 Å². The minimum atomic E-state index is -0.0626. The molecule has 0 saturated heterocycles. The van der Waals surface area contributed by atoms with Gasteiger partial charge >= 0.3 is 0 Å². The molecule has 0 radical (unpaired) electrons. The van der Waals surface area contributed by atoms with Crippen molar-refractivity contribution in [1.82, 2.24) is 9.88 Å². The molecule has 1 aromatic heterocycles. The summed E-state index contributed by atoms with van der Waals surface area (Å²) in [6.45, 7) is 1.12. The Balaban J connectivity index is 0.00000220.